The minimum Gasteiger partial charge on any atom is -0.385 e. The highest BCUT2D eigenvalue weighted by Gasteiger charge is 2.16. The van der Waals surface area contributed by atoms with Crippen molar-refractivity contribution in [3.05, 3.63) is 22.3 Å². The molecule has 0 bridgehead atoms. The molecular formula is C9H11BrF2N2O. The molecule has 1 atom stereocenters. The van der Waals surface area contributed by atoms with Crippen LogP contribution in [0.1, 0.15) is 5.56 Å². The molecule has 1 aromatic rings. The first-order valence-electron chi connectivity index (χ1n) is 4.33. The molecule has 0 saturated heterocycles. The predicted octanol–water partition coefficient (Wildman–Crippen LogP) is 2.19. The first-order valence-corrected chi connectivity index (χ1v) is 5.12. The van der Waals surface area contributed by atoms with Crippen molar-refractivity contribution in [2.24, 2.45) is 0 Å². The van der Waals surface area contributed by atoms with Crippen LogP contribution in [0, 0.1) is 6.92 Å². The van der Waals surface area contributed by atoms with Gasteiger partial charge in [0.1, 0.15) is 11.9 Å². The molecular weight excluding hydrogens is 270 g/mol. The van der Waals surface area contributed by atoms with Crippen molar-refractivity contribution < 1.29 is 13.9 Å². The molecule has 0 aliphatic heterocycles. The molecule has 0 fully saturated rings. The summed E-state index contributed by atoms with van der Waals surface area (Å²) in [6.07, 6.45) is -2.82. The number of pyridine rings is 1. The molecule has 0 saturated carbocycles. The number of aliphatic hydroxyl groups is 1. The minimum absolute atomic E-state index is 0.230. The lowest BCUT2D eigenvalue weighted by Crippen LogP contribution is -2.27. The van der Waals surface area contributed by atoms with Crippen LogP contribution in [0.25, 0.3) is 0 Å². The number of aryl methyl sites for hydroxylation is 1. The summed E-state index contributed by atoms with van der Waals surface area (Å²) in [7, 11) is 0. The van der Waals surface area contributed by atoms with Gasteiger partial charge in [0.25, 0.3) is 6.43 Å². The van der Waals surface area contributed by atoms with Gasteiger partial charge in [0.05, 0.1) is 4.47 Å². The smallest absolute Gasteiger partial charge is 0.265 e. The van der Waals surface area contributed by atoms with E-state index in [1.807, 2.05) is 13.0 Å². The first-order chi connectivity index (χ1) is 7.00. The van der Waals surface area contributed by atoms with Gasteiger partial charge in [0.15, 0.2) is 0 Å². The number of aromatic nitrogens is 1. The highest BCUT2D eigenvalue weighted by molar-refractivity contribution is 9.10. The summed E-state index contributed by atoms with van der Waals surface area (Å²) in [6.45, 7) is 1.64. The Morgan fingerprint density at radius 1 is 1.60 bits per heavy atom. The van der Waals surface area contributed by atoms with Crippen molar-refractivity contribution >= 4 is 21.7 Å². The van der Waals surface area contributed by atoms with Crippen LogP contribution in [0.3, 0.4) is 0 Å². The third-order valence-corrected chi connectivity index (χ3v) is 2.35. The average Bonchev–Trinajstić information content (AvgIpc) is 2.15. The molecule has 3 nitrogen and oxygen atoms in total. The van der Waals surface area contributed by atoms with Gasteiger partial charge in [-0.2, -0.15) is 0 Å². The molecule has 0 aliphatic rings. The van der Waals surface area contributed by atoms with E-state index in [1.54, 1.807) is 6.20 Å². The van der Waals surface area contributed by atoms with E-state index in [0.717, 1.165) is 5.56 Å². The quantitative estimate of drug-likeness (QED) is 0.889. The number of nitrogens with zero attached hydrogens (tertiary/aromatic N) is 1. The molecule has 2 N–H and O–H groups in total. The lowest BCUT2D eigenvalue weighted by atomic mass is 10.3. The predicted molar refractivity (Wildman–Crippen MR) is 57.2 cm³/mol. The van der Waals surface area contributed by atoms with Crippen molar-refractivity contribution in [2.75, 3.05) is 11.9 Å². The van der Waals surface area contributed by atoms with Crippen LogP contribution < -0.4 is 5.32 Å². The monoisotopic (exact) mass is 280 g/mol. The highest BCUT2D eigenvalue weighted by Crippen LogP contribution is 2.20. The molecule has 0 radical (unpaired) electrons. The normalized spacial score (nSPS) is 12.9. The summed E-state index contributed by atoms with van der Waals surface area (Å²) >= 11 is 3.24. The maximum absolute atomic E-state index is 12.0. The van der Waals surface area contributed by atoms with E-state index in [4.69, 9.17) is 5.11 Å². The van der Waals surface area contributed by atoms with E-state index >= 15 is 0 Å². The second-order valence-corrected chi connectivity index (χ2v) is 3.98. The van der Waals surface area contributed by atoms with E-state index in [9.17, 15) is 8.78 Å². The Morgan fingerprint density at radius 2 is 2.27 bits per heavy atom. The standard InChI is InChI=1S/C9H11BrF2N2O/c1-5-2-6(10)9(13-3-5)14-4-7(15)8(11)12/h2-3,7-8,15H,4H2,1H3,(H,13,14). The molecule has 1 aromatic heterocycles. The maximum Gasteiger partial charge on any atom is 0.265 e. The second-order valence-electron chi connectivity index (χ2n) is 3.13. The molecule has 84 valence electrons. The van der Waals surface area contributed by atoms with Crippen molar-refractivity contribution in [3.8, 4) is 0 Å². The van der Waals surface area contributed by atoms with E-state index in [-0.39, 0.29) is 6.54 Å². The summed E-state index contributed by atoms with van der Waals surface area (Å²) in [5.74, 6) is 0.445. The minimum atomic E-state index is -2.75. The van der Waals surface area contributed by atoms with E-state index in [2.05, 4.69) is 26.2 Å². The van der Waals surface area contributed by atoms with Crippen LogP contribution in [-0.4, -0.2) is 29.2 Å². The molecule has 0 aromatic carbocycles. The number of hydrogen-bond acceptors (Lipinski definition) is 3. The van der Waals surface area contributed by atoms with Gasteiger partial charge < -0.3 is 10.4 Å². The Balaban J connectivity index is 2.58. The number of hydrogen-bond donors (Lipinski definition) is 2. The average molecular weight is 281 g/mol. The summed E-state index contributed by atoms with van der Waals surface area (Å²) in [4.78, 5) is 4.00. The number of halogens is 3. The van der Waals surface area contributed by atoms with Crippen molar-refractivity contribution in [2.45, 2.75) is 19.5 Å². The highest BCUT2D eigenvalue weighted by atomic mass is 79.9. The van der Waals surface area contributed by atoms with Crippen molar-refractivity contribution in [1.29, 1.82) is 0 Å². The zero-order chi connectivity index (χ0) is 11.4. The van der Waals surface area contributed by atoms with E-state index in [1.165, 1.54) is 0 Å². The van der Waals surface area contributed by atoms with Crippen LogP contribution in [0.2, 0.25) is 0 Å². The fourth-order valence-electron chi connectivity index (χ4n) is 0.954. The van der Waals surface area contributed by atoms with Gasteiger partial charge in [-0.05, 0) is 34.5 Å². The molecule has 6 heteroatoms. The molecule has 0 spiro atoms. The Morgan fingerprint density at radius 3 is 2.80 bits per heavy atom. The fraction of sp³-hybridized carbons (Fsp3) is 0.444. The van der Waals surface area contributed by atoms with Gasteiger partial charge in [-0.25, -0.2) is 13.8 Å². The van der Waals surface area contributed by atoms with Gasteiger partial charge in [-0.3, -0.25) is 0 Å². The second kappa shape index (κ2) is 5.37. The van der Waals surface area contributed by atoms with Crippen LogP contribution >= 0.6 is 15.9 Å². The molecule has 0 aliphatic carbocycles. The molecule has 1 rings (SSSR count). The molecule has 0 amide bonds. The zero-order valence-corrected chi connectivity index (χ0v) is 9.63. The van der Waals surface area contributed by atoms with Gasteiger partial charge >= 0.3 is 0 Å². The number of rotatable bonds is 4. The summed E-state index contributed by atoms with van der Waals surface area (Å²) < 4.78 is 24.6. The Hall–Kier alpha value is -0.750. The van der Waals surface area contributed by atoms with Crippen LogP contribution in [0.15, 0.2) is 16.7 Å². The molecule has 1 heterocycles. The van der Waals surface area contributed by atoms with Crippen molar-refractivity contribution in [1.82, 2.24) is 4.98 Å². The maximum atomic E-state index is 12.0. The Labute approximate surface area is 94.7 Å². The number of nitrogens with one attached hydrogen (secondary N) is 1. The summed E-state index contributed by atoms with van der Waals surface area (Å²) in [6, 6.07) is 1.81. The third-order valence-electron chi connectivity index (χ3n) is 1.75. The van der Waals surface area contributed by atoms with Gasteiger partial charge in [-0.15, -0.1) is 0 Å². The third kappa shape index (κ3) is 3.71. The van der Waals surface area contributed by atoms with Crippen molar-refractivity contribution in [3.63, 3.8) is 0 Å². The van der Waals surface area contributed by atoms with Crippen LogP contribution in [0.5, 0.6) is 0 Å². The van der Waals surface area contributed by atoms with E-state index in [0.29, 0.717) is 10.3 Å². The first kappa shape index (κ1) is 12.3. The summed E-state index contributed by atoms with van der Waals surface area (Å²) in [5.41, 5.74) is 0.960. The zero-order valence-electron chi connectivity index (χ0n) is 8.04. The Kier molecular flexibility index (Phi) is 4.41. The number of anilines is 1. The number of alkyl halides is 2. The van der Waals surface area contributed by atoms with Gasteiger partial charge in [0, 0.05) is 12.7 Å². The number of aliphatic hydroxyl groups excluding tert-OH is 1. The fourth-order valence-corrected chi connectivity index (χ4v) is 1.56. The van der Waals surface area contributed by atoms with Gasteiger partial charge in [0.2, 0.25) is 0 Å². The molecule has 1 unspecified atom stereocenters. The largest absolute Gasteiger partial charge is 0.385 e. The lowest BCUT2D eigenvalue weighted by Gasteiger charge is -2.12. The SMILES string of the molecule is Cc1cnc(NCC(O)C(F)F)c(Br)c1. The topological polar surface area (TPSA) is 45.2 Å². The van der Waals surface area contributed by atoms with Crippen LogP contribution in [-0.2, 0) is 0 Å². The lowest BCUT2D eigenvalue weighted by molar-refractivity contribution is 0.00380. The van der Waals surface area contributed by atoms with Gasteiger partial charge in [-0.1, -0.05) is 0 Å². The Bertz CT molecular complexity index is 336. The van der Waals surface area contributed by atoms with E-state index < -0.39 is 12.5 Å². The molecule has 15 heavy (non-hydrogen) atoms. The van der Waals surface area contributed by atoms with Crippen LogP contribution in [0.4, 0.5) is 14.6 Å². The summed E-state index contributed by atoms with van der Waals surface area (Å²) in [5, 5.41) is 11.5.